The van der Waals surface area contributed by atoms with E-state index in [-0.39, 0.29) is 5.91 Å². The van der Waals surface area contributed by atoms with Crippen LogP contribution in [-0.4, -0.2) is 31.8 Å². The van der Waals surface area contributed by atoms with Crippen molar-refractivity contribution in [3.8, 4) is 17.2 Å². The summed E-state index contributed by atoms with van der Waals surface area (Å²) in [4.78, 5) is 12.2. The first-order valence-electron chi connectivity index (χ1n) is 8.62. The monoisotopic (exact) mass is 375 g/mol. The van der Waals surface area contributed by atoms with Crippen LogP contribution in [0.4, 0.5) is 0 Å². The van der Waals surface area contributed by atoms with E-state index in [9.17, 15) is 4.79 Å². The second-order valence-electron chi connectivity index (χ2n) is 6.19. The van der Waals surface area contributed by atoms with Crippen LogP contribution in [0.1, 0.15) is 18.1 Å². The predicted octanol–water partition coefficient (Wildman–Crippen LogP) is 3.55. The molecule has 6 heteroatoms. The van der Waals surface area contributed by atoms with Gasteiger partial charge in [0, 0.05) is 11.6 Å². The van der Waals surface area contributed by atoms with Crippen molar-refractivity contribution in [2.45, 2.75) is 26.4 Å². The summed E-state index contributed by atoms with van der Waals surface area (Å²) in [7, 11) is 0. The minimum atomic E-state index is -0.588. The minimum absolute atomic E-state index is 0.156. The first-order chi connectivity index (χ1) is 12.5. The van der Waals surface area contributed by atoms with E-state index < -0.39 is 6.10 Å². The van der Waals surface area contributed by atoms with Crippen molar-refractivity contribution in [1.29, 1.82) is 0 Å². The highest BCUT2D eigenvalue weighted by molar-refractivity contribution is 6.30. The molecule has 5 nitrogen and oxygen atoms in total. The average molecular weight is 376 g/mol. The van der Waals surface area contributed by atoms with Crippen LogP contribution in [0, 0.1) is 6.92 Å². The zero-order chi connectivity index (χ0) is 18.5. The Morgan fingerprint density at radius 3 is 2.73 bits per heavy atom. The van der Waals surface area contributed by atoms with Gasteiger partial charge >= 0.3 is 0 Å². The normalized spacial score (nSPS) is 13.8. The fourth-order valence-corrected chi connectivity index (χ4v) is 2.93. The fourth-order valence-electron chi connectivity index (χ4n) is 2.71. The van der Waals surface area contributed by atoms with Gasteiger partial charge in [0.2, 0.25) is 0 Å². The number of halogens is 1. The summed E-state index contributed by atoms with van der Waals surface area (Å²) < 4.78 is 16.8. The summed E-state index contributed by atoms with van der Waals surface area (Å²) in [5.41, 5.74) is 1.98. The van der Waals surface area contributed by atoms with E-state index in [4.69, 9.17) is 25.8 Å². The minimum Gasteiger partial charge on any atom is -0.486 e. The molecule has 138 valence electrons. The smallest absolute Gasteiger partial charge is 0.260 e. The van der Waals surface area contributed by atoms with E-state index >= 15 is 0 Å². The van der Waals surface area contributed by atoms with Crippen LogP contribution in [0.3, 0.4) is 0 Å². The molecule has 0 fully saturated rings. The van der Waals surface area contributed by atoms with Crippen LogP contribution in [0.25, 0.3) is 0 Å². The van der Waals surface area contributed by atoms with Crippen molar-refractivity contribution in [1.82, 2.24) is 5.32 Å². The Kier molecular flexibility index (Phi) is 5.89. The maximum absolute atomic E-state index is 12.2. The third-order valence-electron chi connectivity index (χ3n) is 4.13. The SMILES string of the molecule is Cc1cc(Cl)ccc1O[C@H](C)C(=O)NCCc1ccc2c(c1)OCCO2. The van der Waals surface area contributed by atoms with Gasteiger partial charge in [-0.05, 0) is 61.7 Å². The molecule has 0 spiro atoms. The number of fused-ring (bicyclic) bond motifs is 1. The molecule has 2 aromatic rings. The molecule has 0 saturated carbocycles. The predicted molar refractivity (Wildman–Crippen MR) is 100 cm³/mol. The summed E-state index contributed by atoms with van der Waals surface area (Å²) in [5.74, 6) is 2.03. The lowest BCUT2D eigenvalue weighted by Gasteiger charge is -2.19. The Morgan fingerprint density at radius 1 is 1.19 bits per heavy atom. The Hall–Kier alpha value is -2.40. The Balaban J connectivity index is 1.49. The van der Waals surface area contributed by atoms with Crippen molar-refractivity contribution in [3.05, 3.63) is 52.5 Å². The third kappa shape index (κ3) is 4.61. The number of nitrogens with one attached hydrogen (secondary N) is 1. The van der Waals surface area contributed by atoms with E-state index in [1.165, 1.54) is 0 Å². The number of carbonyl (C=O) groups is 1. The van der Waals surface area contributed by atoms with Gasteiger partial charge in [0.05, 0.1) is 0 Å². The largest absolute Gasteiger partial charge is 0.486 e. The maximum atomic E-state index is 12.2. The Morgan fingerprint density at radius 2 is 1.96 bits per heavy atom. The molecule has 0 bridgehead atoms. The quantitative estimate of drug-likeness (QED) is 0.839. The van der Waals surface area contributed by atoms with Gasteiger partial charge in [-0.2, -0.15) is 0 Å². The first-order valence-corrected chi connectivity index (χ1v) is 9.00. The lowest BCUT2D eigenvalue weighted by Crippen LogP contribution is -2.37. The van der Waals surface area contributed by atoms with Gasteiger partial charge in [0.25, 0.3) is 5.91 Å². The second kappa shape index (κ2) is 8.32. The number of hydrogen-bond acceptors (Lipinski definition) is 4. The Bertz CT molecular complexity index is 793. The van der Waals surface area contributed by atoms with Crippen LogP contribution >= 0.6 is 11.6 Å². The maximum Gasteiger partial charge on any atom is 0.260 e. The van der Waals surface area contributed by atoms with E-state index in [2.05, 4.69) is 5.32 Å². The van der Waals surface area contributed by atoms with E-state index in [0.29, 0.717) is 37.0 Å². The zero-order valence-electron chi connectivity index (χ0n) is 14.9. The fraction of sp³-hybridized carbons (Fsp3) is 0.350. The first kappa shape index (κ1) is 18.4. The summed E-state index contributed by atoms with van der Waals surface area (Å²) in [6.45, 7) is 5.28. The van der Waals surface area contributed by atoms with Crippen molar-refractivity contribution >= 4 is 17.5 Å². The molecule has 1 atom stereocenters. The number of aryl methyl sites for hydroxylation is 1. The van der Waals surface area contributed by atoms with Crippen molar-refractivity contribution in [2.24, 2.45) is 0 Å². The van der Waals surface area contributed by atoms with Gasteiger partial charge < -0.3 is 19.5 Å². The number of carbonyl (C=O) groups excluding carboxylic acids is 1. The highest BCUT2D eigenvalue weighted by Gasteiger charge is 2.16. The molecule has 0 aromatic heterocycles. The summed E-state index contributed by atoms with van der Waals surface area (Å²) in [6.07, 6.45) is 0.116. The second-order valence-corrected chi connectivity index (χ2v) is 6.63. The molecular weight excluding hydrogens is 354 g/mol. The standard InChI is InChI=1S/C20H22ClNO4/c1-13-11-16(21)4-6-17(13)26-14(2)20(23)22-8-7-15-3-5-18-19(12-15)25-10-9-24-18/h3-6,11-12,14H,7-10H2,1-2H3,(H,22,23)/t14-/m1/s1. The summed E-state index contributed by atoms with van der Waals surface area (Å²) in [5, 5.41) is 3.54. The van der Waals surface area contributed by atoms with E-state index in [0.717, 1.165) is 22.6 Å². The van der Waals surface area contributed by atoms with Gasteiger partial charge in [0.1, 0.15) is 19.0 Å². The molecule has 0 saturated heterocycles. The number of rotatable bonds is 6. The lowest BCUT2D eigenvalue weighted by atomic mass is 10.1. The van der Waals surface area contributed by atoms with Crippen molar-refractivity contribution < 1.29 is 19.0 Å². The van der Waals surface area contributed by atoms with Gasteiger partial charge in [0.15, 0.2) is 17.6 Å². The Labute approximate surface area is 158 Å². The molecule has 0 unspecified atom stereocenters. The van der Waals surface area contributed by atoms with E-state index in [1.54, 1.807) is 19.1 Å². The topological polar surface area (TPSA) is 56.8 Å². The molecule has 26 heavy (non-hydrogen) atoms. The summed E-state index contributed by atoms with van der Waals surface area (Å²) in [6, 6.07) is 11.2. The molecule has 1 aliphatic rings. The molecule has 0 aliphatic carbocycles. The number of amides is 1. The van der Waals surface area contributed by atoms with Crippen molar-refractivity contribution in [3.63, 3.8) is 0 Å². The number of benzene rings is 2. The molecule has 3 rings (SSSR count). The van der Waals surface area contributed by atoms with Crippen LogP contribution in [0.15, 0.2) is 36.4 Å². The van der Waals surface area contributed by atoms with Crippen molar-refractivity contribution in [2.75, 3.05) is 19.8 Å². The number of hydrogen-bond donors (Lipinski definition) is 1. The van der Waals surface area contributed by atoms with Crippen LogP contribution < -0.4 is 19.5 Å². The van der Waals surface area contributed by atoms with Gasteiger partial charge in [-0.1, -0.05) is 17.7 Å². The summed E-state index contributed by atoms with van der Waals surface area (Å²) >= 11 is 5.94. The molecule has 2 aromatic carbocycles. The van der Waals surface area contributed by atoms with Crippen LogP contribution in [0.2, 0.25) is 5.02 Å². The molecule has 1 aliphatic heterocycles. The molecule has 1 heterocycles. The zero-order valence-corrected chi connectivity index (χ0v) is 15.6. The van der Waals surface area contributed by atoms with Gasteiger partial charge in [-0.15, -0.1) is 0 Å². The van der Waals surface area contributed by atoms with Crippen LogP contribution in [-0.2, 0) is 11.2 Å². The lowest BCUT2D eigenvalue weighted by molar-refractivity contribution is -0.127. The molecule has 1 amide bonds. The van der Waals surface area contributed by atoms with E-state index in [1.807, 2.05) is 31.2 Å². The molecule has 1 N–H and O–H groups in total. The number of ether oxygens (including phenoxy) is 3. The third-order valence-corrected chi connectivity index (χ3v) is 4.36. The highest BCUT2D eigenvalue weighted by atomic mass is 35.5. The van der Waals surface area contributed by atoms with Crippen LogP contribution in [0.5, 0.6) is 17.2 Å². The average Bonchev–Trinajstić information content (AvgIpc) is 2.63. The molecule has 0 radical (unpaired) electrons. The highest BCUT2D eigenvalue weighted by Crippen LogP contribution is 2.30. The molecular formula is C20H22ClNO4. The van der Waals surface area contributed by atoms with Gasteiger partial charge in [-0.3, -0.25) is 4.79 Å². The van der Waals surface area contributed by atoms with Gasteiger partial charge in [-0.25, -0.2) is 0 Å².